The number of fused-ring (bicyclic) bond motifs is 3. The summed E-state index contributed by atoms with van der Waals surface area (Å²) in [6, 6.07) is 3.01. The Labute approximate surface area is 320 Å². The SMILES string of the molecule is CCN(c1nc(OC[C@@]23CCCN2C[C@H](F)C3)nc2c(F)c(-c3ccc(F)c4sc(N)c(C#N)c34)c(C(F)(F)F)cc12)[C@H]1C[C@H](COC)N(C(=O)[C@@H]2C[C@@H]2F)C1. The van der Waals surface area contributed by atoms with Crippen LogP contribution in [-0.2, 0) is 15.7 Å². The second kappa shape index (κ2) is 14.2. The Bertz CT molecular complexity index is 2270. The molecule has 2 aromatic heterocycles. The van der Waals surface area contributed by atoms with Crippen molar-refractivity contribution in [2.45, 2.75) is 75.2 Å². The summed E-state index contributed by atoms with van der Waals surface area (Å²) in [5, 5.41) is 9.16. The van der Waals surface area contributed by atoms with Gasteiger partial charge < -0.3 is 25.0 Å². The van der Waals surface area contributed by atoms with E-state index < -0.39 is 75.9 Å². The quantitative estimate of drug-likeness (QED) is 0.169. The van der Waals surface area contributed by atoms with E-state index in [0.717, 1.165) is 24.6 Å². The molecule has 4 aliphatic rings. The predicted molar refractivity (Wildman–Crippen MR) is 195 cm³/mol. The monoisotopic (exact) mass is 805 g/mol. The molecule has 4 aromatic rings. The van der Waals surface area contributed by atoms with Crippen LogP contribution in [-0.4, -0.2) is 102 Å². The maximum absolute atomic E-state index is 17.4. The zero-order valence-corrected chi connectivity index (χ0v) is 31.3. The number of anilines is 2. The molecule has 2 N–H and O–H groups in total. The van der Waals surface area contributed by atoms with Crippen LogP contribution < -0.4 is 15.4 Å². The highest BCUT2D eigenvalue weighted by atomic mass is 32.1. The van der Waals surface area contributed by atoms with E-state index in [-0.39, 0.29) is 95.9 Å². The molecule has 6 atom stereocenters. The Morgan fingerprint density at radius 3 is 2.64 bits per heavy atom. The van der Waals surface area contributed by atoms with Gasteiger partial charge in [0, 0.05) is 49.5 Å². The second-order valence-electron chi connectivity index (χ2n) is 15.1. The van der Waals surface area contributed by atoms with Gasteiger partial charge in [-0.3, -0.25) is 9.69 Å². The number of methoxy groups -OCH3 is 1. The number of rotatable bonds is 10. The number of nitrogens with zero attached hydrogens (tertiary/aromatic N) is 6. The minimum atomic E-state index is -5.17. The van der Waals surface area contributed by atoms with Crippen molar-refractivity contribution in [3.05, 3.63) is 41.0 Å². The van der Waals surface area contributed by atoms with Crippen molar-refractivity contribution >= 4 is 49.1 Å². The van der Waals surface area contributed by atoms with E-state index in [1.165, 1.54) is 12.0 Å². The standard InChI is InChI=1S/C38H38F7N7O3S/c1-3-51(19-9-20(16-54-2)52(15-19)35(53)22-11-27(22)41)34-23-10-25(38(43,44)45)29(21-5-6-26(40)32-28(21)24(13-46)33(47)56-32)30(42)31(23)48-36(49-34)55-17-37-7-4-8-50(37)14-18(39)12-37/h5-6,10,18-20,22,27H,3-4,7-9,11-12,14-17,47H2,1-2H3/t18-,19+,20-,22-,27+,37+/m1/s1. The molecule has 5 heterocycles. The summed E-state index contributed by atoms with van der Waals surface area (Å²) >= 11 is 0.660. The second-order valence-corrected chi connectivity index (χ2v) is 16.1. The van der Waals surface area contributed by atoms with E-state index >= 15 is 22.0 Å². The third-order valence-corrected chi connectivity index (χ3v) is 12.8. The number of carbonyl (C=O) groups excluding carboxylic acids is 1. The van der Waals surface area contributed by atoms with Crippen molar-refractivity contribution in [3.8, 4) is 23.2 Å². The van der Waals surface area contributed by atoms with Crippen molar-refractivity contribution in [3.63, 3.8) is 0 Å². The maximum Gasteiger partial charge on any atom is 0.417 e. The third-order valence-electron chi connectivity index (χ3n) is 11.7. The fourth-order valence-corrected chi connectivity index (χ4v) is 10.0. The molecule has 0 radical (unpaired) electrons. The van der Waals surface area contributed by atoms with Crippen LogP contribution in [0.2, 0.25) is 0 Å². The molecule has 0 spiro atoms. The van der Waals surface area contributed by atoms with Crippen LogP contribution in [0.5, 0.6) is 6.01 Å². The molecular weight excluding hydrogens is 768 g/mol. The first-order valence-electron chi connectivity index (χ1n) is 18.4. The summed E-state index contributed by atoms with van der Waals surface area (Å²) in [5.74, 6) is -3.54. The zero-order chi connectivity index (χ0) is 39.8. The first-order chi connectivity index (χ1) is 26.7. The summed E-state index contributed by atoms with van der Waals surface area (Å²) in [5.41, 5.74) is 1.67. The van der Waals surface area contributed by atoms with E-state index in [0.29, 0.717) is 24.3 Å². The largest absolute Gasteiger partial charge is 0.461 e. The Balaban J connectivity index is 1.31. The maximum atomic E-state index is 17.4. The zero-order valence-electron chi connectivity index (χ0n) is 30.4. The topological polar surface area (TPSA) is 121 Å². The normalized spacial score (nSPS) is 26.3. The molecule has 8 rings (SSSR count). The Hall–Kier alpha value is -4.47. The molecule has 4 fully saturated rings. The molecular formula is C38H38F7N7O3S. The molecule has 18 heteroatoms. The van der Waals surface area contributed by atoms with Gasteiger partial charge in [-0.05, 0) is 56.8 Å². The van der Waals surface area contributed by atoms with Crippen LogP contribution >= 0.6 is 11.3 Å². The van der Waals surface area contributed by atoms with Gasteiger partial charge in [0.15, 0.2) is 5.82 Å². The number of alkyl halides is 5. The average molecular weight is 806 g/mol. The average Bonchev–Trinajstić information content (AvgIpc) is 3.44. The van der Waals surface area contributed by atoms with Gasteiger partial charge in [-0.2, -0.15) is 28.4 Å². The van der Waals surface area contributed by atoms with Gasteiger partial charge in [0.2, 0.25) is 5.91 Å². The van der Waals surface area contributed by atoms with Gasteiger partial charge in [-0.25, -0.2) is 17.6 Å². The number of likely N-dealkylation sites (tertiary alicyclic amines) is 1. The van der Waals surface area contributed by atoms with Gasteiger partial charge in [-0.15, -0.1) is 11.3 Å². The molecule has 56 heavy (non-hydrogen) atoms. The fraction of sp³-hybridized carbons (Fsp3) is 0.526. The first kappa shape index (κ1) is 38.4. The first-order valence-corrected chi connectivity index (χ1v) is 19.3. The van der Waals surface area contributed by atoms with Crippen LogP contribution in [0, 0.1) is 28.9 Å². The molecule has 1 saturated carbocycles. The molecule has 0 unspecified atom stereocenters. The number of halogens is 7. The lowest BCUT2D eigenvalue weighted by atomic mass is 9.92. The number of nitriles is 1. The van der Waals surface area contributed by atoms with E-state index in [4.69, 9.17) is 15.2 Å². The molecule has 1 aliphatic carbocycles. The molecule has 10 nitrogen and oxygen atoms in total. The van der Waals surface area contributed by atoms with Gasteiger partial charge >= 0.3 is 12.2 Å². The summed E-state index contributed by atoms with van der Waals surface area (Å²) in [4.78, 5) is 27.5. The lowest BCUT2D eigenvalue weighted by Crippen LogP contribution is -2.43. The van der Waals surface area contributed by atoms with Crippen LogP contribution in [0.3, 0.4) is 0 Å². The lowest BCUT2D eigenvalue weighted by molar-refractivity contribution is -0.137. The number of nitrogen functional groups attached to an aromatic ring is 1. The van der Waals surface area contributed by atoms with Crippen LogP contribution in [0.4, 0.5) is 41.6 Å². The third kappa shape index (κ3) is 6.35. The number of nitrogens with two attached hydrogens (primary N) is 1. The lowest BCUT2D eigenvalue weighted by Gasteiger charge is -2.32. The van der Waals surface area contributed by atoms with Crippen molar-refractivity contribution in [1.29, 1.82) is 5.26 Å². The number of ether oxygens (including phenoxy) is 2. The molecule has 298 valence electrons. The number of aromatic nitrogens is 2. The fourth-order valence-electron chi connectivity index (χ4n) is 9.07. The number of likely N-dealkylation sites (N-methyl/N-ethyl adjacent to an activating group) is 1. The van der Waals surface area contributed by atoms with Crippen molar-refractivity contribution in [2.24, 2.45) is 5.92 Å². The van der Waals surface area contributed by atoms with Gasteiger partial charge in [0.05, 0.1) is 46.0 Å². The number of thiophene rings is 1. The summed E-state index contributed by atoms with van der Waals surface area (Å²) in [6.07, 6.45) is -5.50. The summed E-state index contributed by atoms with van der Waals surface area (Å²) in [7, 11) is 1.46. The van der Waals surface area contributed by atoms with E-state index in [2.05, 4.69) is 9.97 Å². The summed E-state index contributed by atoms with van der Waals surface area (Å²) < 4.78 is 118. The van der Waals surface area contributed by atoms with Gasteiger partial charge in [0.1, 0.15) is 47.2 Å². The van der Waals surface area contributed by atoms with Gasteiger partial charge in [0.25, 0.3) is 0 Å². The molecule has 3 saturated heterocycles. The van der Waals surface area contributed by atoms with Crippen LogP contribution in [0.1, 0.15) is 50.2 Å². The van der Waals surface area contributed by atoms with Crippen LogP contribution in [0.25, 0.3) is 32.1 Å². The minimum absolute atomic E-state index is 0.0642. The van der Waals surface area contributed by atoms with Gasteiger partial charge in [-0.1, -0.05) is 6.07 Å². The van der Waals surface area contributed by atoms with Crippen molar-refractivity contribution in [1.82, 2.24) is 19.8 Å². The van der Waals surface area contributed by atoms with Crippen molar-refractivity contribution in [2.75, 3.05) is 57.1 Å². The number of amides is 1. The predicted octanol–water partition coefficient (Wildman–Crippen LogP) is 7.02. The minimum Gasteiger partial charge on any atom is -0.461 e. The molecule has 2 aromatic carbocycles. The number of hydrogen-bond donors (Lipinski definition) is 1. The highest BCUT2D eigenvalue weighted by Gasteiger charge is 2.51. The van der Waals surface area contributed by atoms with E-state index in [1.54, 1.807) is 11.8 Å². The molecule has 1 amide bonds. The highest BCUT2D eigenvalue weighted by Crippen LogP contribution is 2.49. The Morgan fingerprint density at radius 2 is 1.96 bits per heavy atom. The van der Waals surface area contributed by atoms with E-state index in [9.17, 15) is 18.8 Å². The number of hydrogen-bond acceptors (Lipinski definition) is 10. The smallest absolute Gasteiger partial charge is 0.417 e. The van der Waals surface area contributed by atoms with E-state index in [1.807, 2.05) is 11.0 Å². The highest BCUT2D eigenvalue weighted by molar-refractivity contribution is 7.23. The number of benzene rings is 2. The molecule has 0 bridgehead atoms. The number of carbonyl (C=O) groups is 1. The molecule has 3 aliphatic heterocycles. The Kier molecular flexibility index (Phi) is 9.72. The Morgan fingerprint density at radius 1 is 1.20 bits per heavy atom. The van der Waals surface area contributed by atoms with Crippen molar-refractivity contribution < 1.29 is 45.0 Å². The van der Waals surface area contributed by atoms with Crippen LogP contribution in [0.15, 0.2) is 18.2 Å². The summed E-state index contributed by atoms with van der Waals surface area (Å²) in [6.45, 7) is 2.87.